The number of ether oxygens (including phenoxy) is 1. The summed E-state index contributed by atoms with van der Waals surface area (Å²) in [6.45, 7) is 0.614. The predicted octanol–water partition coefficient (Wildman–Crippen LogP) is 3.36. The summed E-state index contributed by atoms with van der Waals surface area (Å²) in [5.41, 5.74) is 0.894. The number of rotatable bonds is 5. The van der Waals surface area contributed by atoms with Gasteiger partial charge in [0.2, 0.25) is 11.8 Å². The second-order valence-corrected chi connectivity index (χ2v) is 8.91. The minimum atomic E-state index is -1.04. The van der Waals surface area contributed by atoms with Gasteiger partial charge in [-0.25, -0.2) is 13.6 Å². The summed E-state index contributed by atoms with van der Waals surface area (Å²) in [4.78, 5) is 37.1. The zero-order valence-electron chi connectivity index (χ0n) is 16.8. The summed E-state index contributed by atoms with van der Waals surface area (Å²) in [6.07, 6.45) is -0.910. The van der Waals surface area contributed by atoms with Crippen LogP contribution in [0.15, 0.2) is 42.5 Å². The van der Waals surface area contributed by atoms with Gasteiger partial charge in [0.1, 0.15) is 15.7 Å². The van der Waals surface area contributed by atoms with E-state index in [2.05, 4.69) is 10.6 Å². The maximum Gasteiger partial charge on any atom is 0.407 e. The van der Waals surface area contributed by atoms with E-state index in [1.807, 2.05) is 52.9 Å². The van der Waals surface area contributed by atoms with Crippen LogP contribution in [-0.2, 0) is 20.9 Å². The number of imide groups is 1. The van der Waals surface area contributed by atoms with Gasteiger partial charge in [0.05, 0.1) is 12.5 Å². The number of alkyl halides is 1. The summed E-state index contributed by atoms with van der Waals surface area (Å²) >= 11 is 2.05. The standard InChI is InChI=1S/C22H20F2IN3O4/c23-15-8-13(9-16(24)19(15)14-6-7-18(29)27-21(14)30)28-11-17(20(28)25)32-22(31)26-10-12-4-2-1-3-5-12/h1-5,8-9,14,17,20H,6-7,10-11H2,(H,26,31)(H,27,29,30). The maximum absolute atomic E-state index is 14.8. The highest BCUT2D eigenvalue weighted by Gasteiger charge is 2.41. The molecule has 2 fully saturated rings. The third kappa shape index (κ3) is 4.69. The number of benzene rings is 2. The number of hydrogen-bond donors (Lipinski definition) is 2. The highest BCUT2D eigenvalue weighted by atomic mass is 127. The molecule has 2 N–H and O–H groups in total. The van der Waals surface area contributed by atoms with E-state index in [1.165, 1.54) is 12.1 Å². The Morgan fingerprint density at radius 2 is 1.88 bits per heavy atom. The van der Waals surface area contributed by atoms with Crippen LogP contribution < -0.4 is 15.5 Å². The molecule has 3 atom stereocenters. The summed E-state index contributed by atoms with van der Waals surface area (Å²) in [6, 6.07) is 11.7. The Hall–Kier alpha value is -2.76. The van der Waals surface area contributed by atoms with E-state index in [4.69, 9.17) is 4.74 Å². The molecule has 2 heterocycles. The van der Waals surface area contributed by atoms with Crippen LogP contribution in [0.4, 0.5) is 19.3 Å². The molecule has 0 aromatic heterocycles. The van der Waals surface area contributed by atoms with Crippen LogP contribution in [-0.4, -0.2) is 34.6 Å². The van der Waals surface area contributed by atoms with Crippen LogP contribution in [0.3, 0.4) is 0 Å². The maximum atomic E-state index is 14.8. The fourth-order valence-electron chi connectivity index (χ4n) is 3.77. The highest BCUT2D eigenvalue weighted by molar-refractivity contribution is 14.1. The van der Waals surface area contributed by atoms with Gasteiger partial charge >= 0.3 is 6.09 Å². The lowest BCUT2D eigenvalue weighted by Gasteiger charge is -2.45. The molecule has 0 radical (unpaired) electrons. The lowest BCUT2D eigenvalue weighted by atomic mass is 9.89. The smallest absolute Gasteiger partial charge is 0.407 e. The number of carbonyl (C=O) groups is 3. The van der Waals surface area contributed by atoms with E-state index in [9.17, 15) is 23.2 Å². The molecule has 2 aromatic carbocycles. The molecule has 2 aromatic rings. The van der Waals surface area contributed by atoms with E-state index >= 15 is 0 Å². The van der Waals surface area contributed by atoms with Crippen molar-refractivity contribution in [2.24, 2.45) is 0 Å². The molecule has 168 valence electrons. The van der Waals surface area contributed by atoms with Crippen molar-refractivity contribution in [1.29, 1.82) is 0 Å². The van der Waals surface area contributed by atoms with Crippen LogP contribution in [0.5, 0.6) is 0 Å². The Kier molecular flexibility index (Phi) is 6.58. The van der Waals surface area contributed by atoms with Crippen LogP contribution in [0.25, 0.3) is 0 Å². The van der Waals surface area contributed by atoms with Gasteiger partial charge in [0.25, 0.3) is 0 Å². The van der Waals surface area contributed by atoms with Gasteiger partial charge in [0.15, 0.2) is 6.10 Å². The van der Waals surface area contributed by atoms with Crippen molar-refractivity contribution in [2.45, 2.75) is 35.5 Å². The molecule has 7 nitrogen and oxygen atoms in total. The minimum Gasteiger partial charge on any atom is -0.441 e. The Bertz CT molecular complexity index is 1030. The molecule has 4 rings (SSSR count). The van der Waals surface area contributed by atoms with Gasteiger partial charge in [-0.2, -0.15) is 0 Å². The zero-order chi connectivity index (χ0) is 22.8. The molecule has 3 unspecified atom stereocenters. The van der Waals surface area contributed by atoms with Crippen LogP contribution in [0.2, 0.25) is 0 Å². The molecule has 2 aliphatic rings. The molecule has 0 aliphatic carbocycles. The monoisotopic (exact) mass is 555 g/mol. The molecular weight excluding hydrogens is 535 g/mol. The van der Waals surface area contributed by atoms with Crippen molar-refractivity contribution in [3.63, 3.8) is 0 Å². The second kappa shape index (κ2) is 9.39. The normalized spacial score (nSPS) is 22.7. The van der Waals surface area contributed by atoms with Crippen molar-refractivity contribution >= 4 is 46.2 Å². The Morgan fingerprint density at radius 3 is 2.50 bits per heavy atom. The number of piperidine rings is 1. The molecule has 10 heteroatoms. The fourth-order valence-corrected chi connectivity index (χ4v) is 4.70. The molecule has 0 saturated carbocycles. The van der Waals surface area contributed by atoms with Crippen molar-refractivity contribution in [2.75, 3.05) is 11.4 Å². The number of alkyl carbamates (subject to hydrolysis) is 1. The summed E-state index contributed by atoms with van der Waals surface area (Å²) < 4.78 is 34.6. The van der Waals surface area contributed by atoms with Crippen molar-refractivity contribution in [1.82, 2.24) is 10.6 Å². The number of nitrogens with zero attached hydrogens (tertiary/aromatic N) is 1. The van der Waals surface area contributed by atoms with E-state index in [0.717, 1.165) is 5.56 Å². The van der Waals surface area contributed by atoms with E-state index in [0.29, 0.717) is 12.2 Å². The number of nitrogens with one attached hydrogen (secondary N) is 2. The van der Waals surface area contributed by atoms with Gasteiger partial charge < -0.3 is 15.0 Å². The first-order chi connectivity index (χ1) is 15.3. The van der Waals surface area contributed by atoms with Crippen LogP contribution in [0.1, 0.15) is 29.9 Å². The van der Waals surface area contributed by atoms with Crippen LogP contribution in [0, 0.1) is 11.6 Å². The number of hydrogen-bond acceptors (Lipinski definition) is 5. The van der Waals surface area contributed by atoms with E-state index in [-0.39, 0.29) is 29.0 Å². The molecular formula is C22H20F2IN3O4. The fraction of sp³-hybridized carbons (Fsp3) is 0.318. The highest BCUT2D eigenvalue weighted by Crippen LogP contribution is 2.37. The molecule has 0 bridgehead atoms. The predicted molar refractivity (Wildman–Crippen MR) is 120 cm³/mol. The molecule has 2 saturated heterocycles. The zero-order valence-corrected chi connectivity index (χ0v) is 19.0. The lowest BCUT2D eigenvalue weighted by molar-refractivity contribution is -0.134. The second-order valence-electron chi connectivity index (χ2n) is 7.63. The molecule has 0 spiro atoms. The van der Waals surface area contributed by atoms with Crippen LogP contribution >= 0.6 is 22.6 Å². The Balaban J connectivity index is 1.36. The summed E-state index contributed by atoms with van der Waals surface area (Å²) in [7, 11) is 0. The Labute approximate surface area is 196 Å². The molecule has 2 aliphatic heterocycles. The SMILES string of the molecule is O=C1CCC(c2c(F)cc(N3CC(OC(=O)NCc4ccccc4)C3I)cc2F)C(=O)N1. The minimum absolute atomic E-state index is 0.0321. The van der Waals surface area contributed by atoms with Gasteiger partial charge in [-0.1, -0.05) is 52.9 Å². The third-order valence-electron chi connectivity index (χ3n) is 5.50. The average molecular weight is 555 g/mol. The van der Waals surface area contributed by atoms with Gasteiger partial charge in [-0.05, 0) is 24.1 Å². The average Bonchev–Trinajstić information content (AvgIpc) is 2.76. The first kappa shape index (κ1) is 22.4. The number of carbonyl (C=O) groups excluding carboxylic acids is 3. The van der Waals surface area contributed by atoms with E-state index in [1.54, 1.807) is 4.90 Å². The van der Waals surface area contributed by atoms with E-state index < -0.39 is 41.6 Å². The van der Waals surface area contributed by atoms with Gasteiger partial charge in [-0.15, -0.1) is 0 Å². The van der Waals surface area contributed by atoms with Crippen molar-refractivity contribution in [3.05, 3.63) is 65.2 Å². The quantitative estimate of drug-likeness (QED) is 0.256. The number of halogens is 3. The first-order valence-electron chi connectivity index (χ1n) is 10.0. The Morgan fingerprint density at radius 1 is 1.19 bits per heavy atom. The largest absolute Gasteiger partial charge is 0.441 e. The lowest BCUT2D eigenvalue weighted by Crippen LogP contribution is -2.59. The molecule has 32 heavy (non-hydrogen) atoms. The summed E-state index contributed by atoms with van der Waals surface area (Å²) in [5.74, 6) is -3.88. The van der Waals surface area contributed by atoms with Crippen molar-refractivity contribution in [3.8, 4) is 0 Å². The van der Waals surface area contributed by atoms with Gasteiger partial charge in [-0.3, -0.25) is 14.9 Å². The van der Waals surface area contributed by atoms with Gasteiger partial charge in [0, 0.05) is 24.2 Å². The number of amides is 3. The first-order valence-corrected chi connectivity index (χ1v) is 11.3. The third-order valence-corrected chi connectivity index (χ3v) is 6.98. The topological polar surface area (TPSA) is 87.7 Å². The summed E-state index contributed by atoms with van der Waals surface area (Å²) in [5, 5.41) is 4.79. The molecule has 3 amide bonds. The van der Waals surface area contributed by atoms with Crippen molar-refractivity contribution < 1.29 is 27.9 Å². The number of anilines is 1.